The number of carbonyl (C=O) groups excluding carboxylic acids is 5. The third-order valence-electron chi connectivity index (χ3n) is 5.57. The predicted octanol–water partition coefficient (Wildman–Crippen LogP) is -4.06. The number of halogens is 1. The zero-order chi connectivity index (χ0) is 30.3. The van der Waals surface area contributed by atoms with Crippen molar-refractivity contribution in [1.29, 1.82) is 0 Å². The molecule has 0 aliphatic carbocycles. The maximum Gasteiger partial charge on any atom is 0.229 e. The Hall–Kier alpha value is -2.56. The summed E-state index contributed by atoms with van der Waals surface area (Å²) in [5, 5.41) is 41.7. The third-order valence-corrected chi connectivity index (χ3v) is 5.93. The lowest BCUT2D eigenvalue weighted by atomic mass is 10.3. The van der Waals surface area contributed by atoms with E-state index in [0.29, 0.717) is 39.1 Å². The lowest BCUT2D eigenvalue weighted by molar-refractivity contribution is -0.130. The number of rotatable bonds is 23. The summed E-state index contributed by atoms with van der Waals surface area (Å²) in [5.41, 5.74) is 0. The van der Waals surface area contributed by atoms with E-state index in [4.69, 9.17) is 16.7 Å². The number of amides is 5. The van der Waals surface area contributed by atoms with Gasteiger partial charge in [0.2, 0.25) is 29.5 Å². The Morgan fingerprint density at radius 1 is 0.675 bits per heavy atom. The van der Waals surface area contributed by atoms with Crippen LogP contribution in [0.5, 0.6) is 0 Å². The van der Waals surface area contributed by atoms with Gasteiger partial charge in [0, 0.05) is 84.8 Å². The van der Waals surface area contributed by atoms with Gasteiger partial charge in [-0.3, -0.25) is 33.8 Å². The highest BCUT2D eigenvalue weighted by Crippen LogP contribution is 1.96. The van der Waals surface area contributed by atoms with E-state index in [0.717, 1.165) is 0 Å². The summed E-state index contributed by atoms with van der Waals surface area (Å²) in [5.74, 6) is -1.93. The molecular weight excluding hydrogens is 550 g/mol. The fourth-order valence-electron chi connectivity index (χ4n) is 3.40. The Morgan fingerprint density at radius 3 is 1.40 bits per heavy atom. The molecule has 2 atom stereocenters. The van der Waals surface area contributed by atoms with Crippen molar-refractivity contribution in [3.8, 4) is 0 Å². The van der Waals surface area contributed by atoms with Crippen molar-refractivity contribution < 1.29 is 39.3 Å². The normalized spacial score (nSPS) is 12.5. The van der Waals surface area contributed by atoms with Gasteiger partial charge < -0.3 is 41.9 Å². The number of alkyl halides is 1. The first-order valence-corrected chi connectivity index (χ1v) is 13.8. The van der Waals surface area contributed by atoms with Crippen LogP contribution in [0.4, 0.5) is 0 Å². The molecule has 0 aliphatic rings. The van der Waals surface area contributed by atoms with Crippen LogP contribution in [-0.2, 0) is 24.0 Å². The van der Waals surface area contributed by atoms with Gasteiger partial charge in [-0.15, -0.1) is 11.6 Å². The molecule has 0 saturated carbocycles. The Morgan fingerprint density at radius 2 is 1.05 bits per heavy atom. The summed E-state index contributed by atoms with van der Waals surface area (Å²) in [6.07, 6.45) is -2.12. The second-order valence-electron chi connectivity index (χ2n) is 9.03. The number of nitrogens with zero attached hydrogens (tertiary/aromatic N) is 2. The van der Waals surface area contributed by atoms with E-state index in [9.17, 15) is 34.2 Å². The van der Waals surface area contributed by atoms with Crippen molar-refractivity contribution in [3.63, 3.8) is 0 Å². The highest BCUT2D eigenvalue weighted by molar-refractivity contribution is 6.18. The molecule has 2 unspecified atom stereocenters. The maximum atomic E-state index is 12.2. The van der Waals surface area contributed by atoms with E-state index in [1.54, 1.807) is 16.7 Å². The Balaban J connectivity index is 4.47. The lowest BCUT2D eigenvalue weighted by Gasteiger charge is -2.25. The van der Waals surface area contributed by atoms with Crippen LogP contribution < -0.4 is 26.6 Å². The van der Waals surface area contributed by atoms with Crippen molar-refractivity contribution in [2.24, 2.45) is 0 Å². The average Bonchev–Trinajstić information content (AvgIpc) is 2.91. The smallest absolute Gasteiger partial charge is 0.229 e. The molecule has 8 N–H and O–H groups in total. The van der Waals surface area contributed by atoms with Crippen molar-refractivity contribution in [2.45, 2.75) is 38.4 Å². The number of carbonyl (C=O) groups is 5. The van der Waals surface area contributed by atoms with Crippen LogP contribution in [0, 0.1) is 0 Å². The van der Waals surface area contributed by atoms with E-state index in [1.807, 2.05) is 0 Å². The molecule has 5 amide bonds. The first-order chi connectivity index (χ1) is 19.0. The van der Waals surface area contributed by atoms with E-state index in [2.05, 4.69) is 26.6 Å². The van der Waals surface area contributed by atoms with E-state index < -0.39 is 48.9 Å². The molecule has 16 heteroatoms. The van der Waals surface area contributed by atoms with Crippen LogP contribution in [0.1, 0.15) is 26.2 Å². The Kier molecular flexibility index (Phi) is 21.7. The van der Waals surface area contributed by atoms with Crippen LogP contribution in [0.25, 0.3) is 0 Å². The topological polar surface area (TPSA) is 213 Å². The summed E-state index contributed by atoms with van der Waals surface area (Å²) in [7, 11) is 1.43. The van der Waals surface area contributed by atoms with E-state index in [1.165, 1.54) is 7.05 Å². The molecule has 0 spiro atoms. The van der Waals surface area contributed by atoms with Gasteiger partial charge in [-0.1, -0.05) is 6.92 Å². The second kappa shape index (κ2) is 23.2. The largest absolute Gasteiger partial charge is 0.394 e. The molecular formula is C24H46ClN7O8. The van der Waals surface area contributed by atoms with Gasteiger partial charge in [-0.05, 0) is 0 Å². The molecule has 0 bridgehead atoms. The van der Waals surface area contributed by atoms with Crippen molar-refractivity contribution >= 4 is 41.1 Å². The van der Waals surface area contributed by atoms with Crippen LogP contribution in [0.2, 0.25) is 0 Å². The summed E-state index contributed by atoms with van der Waals surface area (Å²) >= 11 is 5.68. The van der Waals surface area contributed by atoms with Crippen LogP contribution >= 0.6 is 11.6 Å². The van der Waals surface area contributed by atoms with Gasteiger partial charge in [0.25, 0.3) is 0 Å². The fourth-order valence-corrected chi connectivity index (χ4v) is 3.50. The lowest BCUT2D eigenvalue weighted by Crippen LogP contribution is -2.44. The molecule has 15 nitrogen and oxygen atoms in total. The fraction of sp³-hybridized carbons (Fsp3) is 0.792. The molecule has 0 saturated heterocycles. The van der Waals surface area contributed by atoms with Crippen LogP contribution in [0.3, 0.4) is 0 Å². The number of hydrogen-bond acceptors (Lipinski definition) is 10. The monoisotopic (exact) mass is 595 g/mol. The first-order valence-electron chi connectivity index (χ1n) is 13.3. The minimum atomic E-state index is -0.965. The Bertz CT molecular complexity index is 778. The minimum absolute atomic E-state index is 0.00975. The van der Waals surface area contributed by atoms with Crippen molar-refractivity contribution in [3.05, 3.63) is 0 Å². The van der Waals surface area contributed by atoms with Crippen molar-refractivity contribution in [2.75, 3.05) is 85.0 Å². The Labute approximate surface area is 240 Å². The highest BCUT2D eigenvalue weighted by Gasteiger charge is 2.15. The summed E-state index contributed by atoms with van der Waals surface area (Å²) < 4.78 is 0. The van der Waals surface area contributed by atoms with Gasteiger partial charge in [0.15, 0.2) is 0 Å². The van der Waals surface area contributed by atoms with Crippen LogP contribution in [-0.4, -0.2) is 152 Å². The molecule has 0 radical (unpaired) electrons. The number of hydrogen-bond donors (Lipinski definition) is 8. The number of nitrogens with one attached hydrogen (secondary N) is 5. The highest BCUT2D eigenvalue weighted by atomic mass is 35.5. The molecule has 232 valence electrons. The average molecular weight is 596 g/mol. The predicted molar refractivity (Wildman–Crippen MR) is 148 cm³/mol. The van der Waals surface area contributed by atoms with E-state index in [-0.39, 0.29) is 50.9 Å². The van der Waals surface area contributed by atoms with Gasteiger partial charge in [-0.2, -0.15) is 0 Å². The number of aliphatic hydroxyl groups is 3. The molecule has 0 aliphatic heterocycles. The molecule has 0 fully saturated rings. The summed E-state index contributed by atoms with van der Waals surface area (Å²) in [4.78, 5) is 62.3. The molecule has 0 rings (SSSR count). The second-order valence-corrected chi connectivity index (χ2v) is 9.33. The van der Waals surface area contributed by atoms with E-state index >= 15 is 0 Å². The zero-order valence-electron chi connectivity index (χ0n) is 23.4. The van der Waals surface area contributed by atoms with Gasteiger partial charge in [0.05, 0.1) is 18.8 Å². The van der Waals surface area contributed by atoms with Crippen LogP contribution in [0.15, 0.2) is 0 Å². The molecule has 0 heterocycles. The maximum absolute atomic E-state index is 12.2. The summed E-state index contributed by atoms with van der Waals surface area (Å²) in [6, 6.07) is 0. The van der Waals surface area contributed by atoms with Gasteiger partial charge in [0.1, 0.15) is 12.8 Å². The summed E-state index contributed by atoms with van der Waals surface area (Å²) in [6.45, 7) is 4.03. The zero-order valence-corrected chi connectivity index (χ0v) is 24.2. The molecule has 40 heavy (non-hydrogen) atoms. The van der Waals surface area contributed by atoms with Gasteiger partial charge in [-0.25, -0.2) is 0 Å². The van der Waals surface area contributed by atoms with Gasteiger partial charge >= 0.3 is 0 Å². The molecule has 0 aromatic heterocycles. The molecule has 0 aromatic carbocycles. The first kappa shape index (κ1) is 37.4. The quantitative estimate of drug-likeness (QED) is 0.0423. The third kappa shape index (κ3) is 20.4. The molecule has 0 aromatic rings. The van der Waals surface area contributed by atoms with Crippen molar-refractivity contribution in [1.82, 2.24) is 36.4 Å². The number of aliphatic hydroxyl groups excluding tert-OH is 3. The standard InChI is InChI=1S/C24H46ClN7O8/c1-3-20(36)27-4-8-32(16-19(35)17-33)11-7-30-24(40)13-23(39)29-6-10-31(15-18(34)14-25)9-5-28-22(38)12-21(37)26-2/h18-19,33-35H,3-17H2,1-2H3,(H,26,37)(H,27,36)(H,28,38)(H,29,39)(H,30,40). The SMILES string of the molecule is CCC(=O)NCCN(CCNC(=O)CC(=O)NCCN(CCNC(=O)CC(=O)NC)CC(O)CCl)CC(O)CO. The minimum Gasteiger partial charge on any atom is -0.394 e.